The Hall–Kier alpha value is -1.68. The van der Waals surface area contributed by atoms with Crippen molar-refractivity contribution in [3.8, 4) is 0 Å². The van der Waals surface area contributed by atoms with Crippen LogP contribution in [0.2, 0.25) is 0 Å². The van der Waals surface area contributed by atoms with Crippen molar-refractivity contribution in [2.24, 2.45) is 0 Å². The summed E-state index contributed by atoms with van der Waals surface area (Å²) in [6, 6.07) is 5.97. The molecule has 1 aromatic carbocycles. The summed E-state index contributed by atoms with van der Waals surface area (Å²) in [5.41, 5.74) is 1.29. The fourth-order valence-corrected chi connectivity index (χ4v) is 3.85. The first kappa shape index (κ1) is 20.1. The van der Waals surface area contributed by atoms with E-state index in [0.29, 0.717) is 0 Å². The number of halogens is 1. The maximum absolute atomic E-state index is 12.4. The van der Waals surface area contributed by atoms with Crippen molar-refractivity contribution in [2.45, 2.75) is 52.4 Å². The van der Waals surface area contributed by atoms with E-state index in [1.54, 1.807) is 0 Å². The van der Waals surface area contributed by atoms with Gasteiger partial charge < -0.3 is 9.47 Å². The van der Waals surface area contributed by atoms with E-state index >= 15 is 0 Å². The molecular weight excluding hydrogens is 461 g/mol. The van der Waals surface area contributed by atoms with Crippen molar-refractivity contribution < 1.29 is 19.1 Å². The fourth-order valence-electron chi connectivity index (χ4n) is 3.20. The van der Waals surface area contributed by atoms with Crippen molar-refractivity contribution in [2.75, 3.05) is 13.1 Å². The molecule has 27 heavy (non-hydrogen) atoms. The first-order valence-electron chi connectivity index (χ1n) is 8.92. The lowest BCUT2D eigenvalue weighted by Crippen LogP contribution is -2.27. The number of rotatable bonds is 3. The third-order valence-corrected chi connectivity index (χ3v) is 5.03. The molecule has 146 valence electrons. The zero-order valence-corrected chi connectivity index (χ0v) is 18.1. The van der Waals surface area contributed by atoms with Gasteiger partial charge in [-0.1, -0.05) is 6.07 Å². The molecule has 0 amide bonds. The topological polar surface area (TPSA) is 73.7 Å². The Morgan fingerprint density at radius 3 is 2.74 bits per heavy atom. The first-order chi connectivity index (χ1) is 12.6. The minimum Gasteiger partial charge on any atom is -0.461 e. The maximum atomic E-state index is 12.4. The van der Waals surface area contributed by atoms with Crippen molar-refractivity contribution in [3.05, 3.63) is 27.5 Å². The lowest BCUT2D eigenvalue weighted by molar-refractivity contribution is -0.145. The van der Waals surface area contributed by atoms with E-state index in [1.807, 2.05) is 32.9 Å². The Bertz CT molecular complexity index is 872. The molecule has 0 spiro atoms. The van der Waals surface area contributed by atoms with Gasteiger partial charge in [-0.3, -0.25) is 9.69 Å². The standard InChI is InChI=1S/C19H24IN3O4/c1-12(24)26-14-7-8-22(11-14)10-13-5-6-16-15(9-13)17(20)21-23(16)18(25)27-19(2,3)4/h5-6,9,14H,7-8,10-11H2,1-4H3/t14-/m1/s1. The van der Waals surface area contributed by atoms with Crippen LogP contribution >= 0.6 is 22.6 Å². The summed E-state index contributed by atoms with van der Waals surface area (Å²) in [7, 11) is 0. The van der Waals surface area contributed by atoms with Crippen LogP contribution in [-0.2, 0) is 20.8 Å². The van der Waals surface area contributed by atoms with Crippen LogP contribution < -0.4 is 0 Å². The van der Waals surface area contributed by atoms with Gasteiger partial charge in [-0.2, -0.15) is 9.78 Å². The molecule has 3 rings (SSSR count). The molecule has 0 unspecified atom stereocenters. The van der Waals surface area contributed by atoms with E-state index in [4.69, 9.17) is 9.47 Å². The van der Waals surface area contributed by atoms with Crippen LogP contribution in [0.3, 0.4) is 0 Å². The number of aromatic nitrogens is 2. The summed E-state index contributed by atoms with van der Waals surface area (Å²) >= 11 is 2.14. The van der Waals surface area contributed by atoms with Gasteiger partial charge in [-0.25, -0.2) is 4.79 Å². The number of esters is 1. The van der Waals surface area contributed by atoms with Crippen molar-refractivity contribution in [1.29, 1.82) is 0 Å². The van der Waals surface area contributed by atoms with E-state index in [9.17, 15) is 9.59 Å². The average molecular weight is 485 g/mol. The number of benzene rings is 1. The van der Waals surface area contributed by atoms with Gasteiger partial charge in [0.1, 0.15) is 15.4 Å². The van der Waals surface area contributed by atoms with Crippen LogP contribution in [0.1, 0.15) is 39.7 Å². The zero-order valence-electron chi connectivity index (χ0n) is 16.0. The highest BCUT2D eigenvalue weighted by atomic mass is 127. The van der Waals surface area contributed by atoms with Gasteiger partial charge in [0.05, 0.1) is 5.52 Å². The van der Waals surface area contributed by atoms with Crippen molar-refractivity contribution in [3.63, 3.8) is 0 Å². The fraction of sp³-hybridized carbons (Fsp3) is 0.526. The van der Waals surface area contributed by atoms with Gasteiger partial charge in [-0.05, 0) is 67.5 Å². The maximum Gasteiger partial charge on any atom is 0.435 e. The SMILES string of the molecule is CC(=O)O[C@@H]1CCN(Cc2ccc3c(c2)c(I)nn3C(=O)OC(C)(C)C)C1. The second-order valence-electron chi connectivity index (χ2n) is 7.79. The Kier molecular flexibility index (Phi) is 5.76. The molecule has 0 aliphatic carbocycles. The van der Waals surface area contributed by atoms with E-state index in [2.05, 4.69) is 38.7 Å². The molecule has 1 fully saturated rings. The van der Waals surface area contributed by atoms with Gasteiger partial charge in [0.15, 0.2) is 0 Å². The Morgan fingerprint density at radius 1 is 1.33 bits per heavy atom. The third kappa shape index (κ3) is 4.98. The molecule has 0 bridgehead atoms. The predicted molar refractivity (Wildman–Crippen MR) is 110 cm³/mol. The van der Waals surface area contributed by atoms with Crippen molar-refractivity contribution >= 4 is 45.6 Å². The van der Waals surface area contributed by atoms with Gasteiger partial charge in [-0.15, -0.1) is 0 Å². The van der Waals surface area contributed by atoms with E-state index in [1.165, 1.54) is 11.6 Å². The lowest BCUT2D eigenvalue weighted by Gasteiger charge is -2.19. The molecule has 0 N–H and O–H groups in total. The molecule has 8 heteroatoms. The number of ether oxygens (including phenoxy) is 2. The van der Waals surface area contributed by atoms with E-state index in [0.717, 1.165) is 46.2 Å². The second kappa shape index (κ2) is 7.75. The van der Waals surface area contributed by atoms with Crippen molar-refractivity contribution in [1.82, 2.24) is 14.7 Å². The Balaban J connectivity index is 1.76. The minimum atomic E-state index is -0.574. The number of carbonyl (C=O) groups is 2. The molecule has 7 nitrogen and oxygen atoms in total. The Labute approximate surface area is 172 Å². The molecule has 1 atom stereocenters. The minimum absolute atomic E-state index is 0.0266. The van der Waals surface area contributed by atoms with Crippen LogP contribution in [0.5, 0.6) is 0 Å². The molecule has 1 saturated heterocycles. The number of carbonyl (C=O) groups excluding carboxylic acids is 2. The summed E-state index contributed by atoms with van der Waals surface area (Å²) < 4.78 is 12.8. The molecule has 1 aliphatic heterocycles. The molecule has 1 aromatic heterocycles. The summed E-state index contributed by atoms with van der Waals surface area (Å²) in [5, 5.41) is 5.27. The molecular formula is C19H24IN3O4. The smallest absolute Gasteiger partial charge is 0.435 e. The highest BCUT2D eigenvalue weighted by molar-refractivity contribution is 14.1. The number of likely N-dealkylation sites (tertiary alicyclic amines) is 1. The number of fused-ring (bicyclic) bond motifs is 1. The first-order valence-corrected chi connectivity index (χ1v) is 10.0. The molecule has 0 radical (unpaired) electrons. The monoisotopic (exact) mass is 485 g/mol. The van der Waals surface area contributed by atoms with Gasteiger partial charge in [0.25, 0.3) is 0 Å². The summed E-state index contributed by atoms with van der Waals surface area (Å²) in [6.07, 6.45) is 0.351. The van der Waals surface area contributed by atoms with Crippen LogP contribution in [0, 0.1) is 3.70 Å². The summed E-state index contributed by atoms with van der Waals surface area (Å²) in [5.74, 6) is -0.229. The Morgan fingerprint density at radius 2 is 2.07 bits per heavy atom. The van der Waals surface area contributed by atoms with E-state index in [-0.39, 0.29) is 12.1 Å². The van der Waals surface area contributed by atoms with Crippen LogP contribution in [0.15, 0.2) is 18.2 Å². The largest absolute Gasteiger partial charge is 0.461 e. The average Bonchev–Trinajstić information content (AvgIpc) is 3.10. The quantitative estimate of drug-likeness (QED) is 0.489. The number of hydrogen-bond acceptors (Lipinski definition) is 6. The van der Waals surface area contributed by atoms with Gasteiger partial charge >= 0.3 is 12.1 Å². The van der Waals surface area contributed by atoms with Crippen LogP contribution in [0.4, 0.5) is 4.79 Å². The lowest BCUT2D eigenvalue weighted by atomic mass is 10.1. The van der Waals surface area contributed by atoms with Gasteiger partial charge in [0, 0.05) is 31.9 Å². The molecule has 1 aliphatic rings. The predicted octanol–water partition coefficient (Wildman–Crippen LogP) is 3.56. The third-order valence-electron chi connectivity index (χ3n) is 4.23. The summed E-state index contributed by atoms with van der Waals surface area (Å²) in [6.45, 7) is 9.34. The zero-order chi connectivity index (χ0) is 19.8. The molecule has 2 aromatic rings. The van der Waals surface area contributed by atoms with E-state index < -0.39 is 11.7 Å². The highest BCUT2D eigenvalue weighted by Gasteiger charge is 2.25. The molecule has 0 saturated carbocycles. The highest BCUT2D eigenvalue weighted by Crippen LogP contribution is 2.24. The second-order valence-corrected chi connectivity index (χ2v) is 8.81. The number of hydrogen-bond donors (Lipinski definition) is 0. The van der Waals surface area contributed by atoms with Crippen LogP contribution in [-0.4, -0.2) is 51.5 Å². The van der Waals surface area contributed by atoms with Gasteiger partial charge in [0.2, 0.25) is 0 Å². The summed E-state index contributed by atoms with van der Waals surface area (Å²) in [4.78, 5) is 25.8. The molecule has 2 heterocycles. The number of nitrogens with zero attached hydrogens (tertiary/aromatic N) is 3. The van der Waals surface area contributed by atoms with Crippen LogP contribution in [0.25, 0.3) is 10.9 Å². The normalized spacial score (nSPS) is 18.0.